The standard InChI is InChI=1S/C12H15BrN2O/c1-12(2,14)7-15-6-8-5-9(13)3-4-10(8)11(15)16/h3-5H,6-7,14H2,1-2H3. The Bertz CT molecular complexity index is 437. The molecule has 0 spiro atoms. The van der Waals surface area contributed by atoms with Gasteiger partial charge in [0.1, 0.15) is 0 Å². The Kier molecular flexibility index (Phi) is 2.80. The quantitative estimate of drug-likeness (QED) is 0.904. The summed E-state index contributed by atoms with van der Waals surface area (Å²) < 4.78 is 1.01. The predicted molar refractivity (Wildman–Crippen MR) is 67.1 cm³/mol. The molecule has 0 bridgehead atoms. The van der Waals surface area contributed by atoms with Gasteiger partial charge in [-0.1, -0.05) is 15.9 Å². The van der Waals surface area contributed by atoms with E-state index in [9.17, 15) is 4.79 Å². The summed E-state index contributed by atoms with van der Waals surface area (Å²) in [4.78, 5) is 13.8. The Labute approximate surface area is 104 Å². The van der Waals surface area contributed by atoms with Gasteiger partial charge in [-0.3, -0.25) is 4.79 Å². The lowest BCUT2D eigenvalue weighted by atomic mass is 10.1. The lowest BCUT2D eigenvalue weighted by molar-refractivity contribution is 0.0748. The van der Waals surface area contributed by atoms with E-state index in [-0.39, 0.29) is 11.4 Å². The summed E-state index contributed by atoms with van der Waals surface area (Å²) >= 11 is 3.41. The first-order chi connectivity index (χ1) is 7.37. The average molecular weight is 283 g/mol. The largest absolute Gasteiger partial charge is 0.332 e. The van der Waals surface area contributed by atoms with Crippen LogP contribution in [0.15, 0.2) is 22.7 Å². The molecule has 0 atom stereocenters. The van der Waals surface area contributed by atoms with Crippen molar-refractivity contribution in [3.63, 3.8) is 0 Å². The summed E-state index contributed by atoms with van der Waals surface area (Å²) in [7, 11) is 0. The van der Waals surface area contributed by atoms with Crippen molar-refractivity contribution in [1.82, 2.24) is 4.90 Å². The number of hydrogen-bond acceptors (Lipinski definition) is 2. The molecule has 86 valence electrons. The fraction of sp³-hybridized carbons (Fsp3) is 0.417. The number of amides is 1. The summed E-state index contributed by atoms with van der Waals surface area (Å²) in [6, 6.07) is 5.76. The van der Waals surface area contributed by atoms with Crippen LogP contribution in [0.1, 0.15) is 29.8 Å². The van der Waals surface area contributed by atoms with E-state index >= 15 is 0 Å². The van der Waals surface area contributed by atoms with Gasteiger partial charge in [-0.15, -0.1) is 0 Å². The van der Waals surface area contributed by atoms with Crippen molar-refractivity contribution in [2.45, 2.75) is 25.9 Å². The number of fused-ring (bicyclic) bond motifs is 1. The van der Waals surface area contributed by atoms with Crippen molar-refractivity contribution in [1.29, 1.82) is 0 Å². The molecule has 0 unspecified atom stereocenters. The number of carbonyl (C=O) groups is 1. The molecule has 1 aromatic carbocycles. The second kappa shape index (κ2) is 3.86. The third-order valence-corrected chi connectivity index (χ3v) is 3.04. The van der Waals surface area contributed by atoms with E-state index in [2.05, 4.69) is 15.9 Å². The van der Waals surface area contributed by atoms with Crippen LogP contribution in [0.4, 0.5) is 0 Å². The fourth-order valence-corrected chi connectivity index (χ4v) is 2.38. The normalized spacial score (nSPS) is 15.5. The minimum Gasteiger partial charge on any atom is -0.332 e. The van der Waals surface area contributed by atoms with Gasteiger partial charge < -0.3 is 10.6 Å². The molecular formula is C12H15BrN2O. The maximum Gasteiger partial charge on any atom is 0.254 e. The smallest absolute Gasteiger partial charge is 0.254 e. The molecule has 16 heavy (non-hydrogen) atoms. The van der Waals surface area contributed by atoms with Crippen molar-refractivity contribution >= 4 is 21.8 Å². The van der Waals surface area contributed by atoms with E-state index in [1.165, 1.54) is 0 Å². The zero-order chi connectivity index (χ0) is 11.9. The number of rotatable bonds is 2. The van der Waals surface area contributed by atoms with Gasteiger partial charge in [0.05, 0.1) is 0 Å². The van der Waals surface area contributed by atoms with Crippen LogP contribution < -0.4 is 5.73 Å². The van der Waals surface area contributed by atoms with Crippen molar-refractivity contribution in [2.24, 2.45) is 5.73 Å². The first-order valence-corrected chi connectivity index (χ1v) is 6.03. The van der Waals surface area contributed by atoms with Crippen molar-refractivity contribution < 1.29 is 4.79 Å². The van der Waals surface area contributed by atoms with Gasteiger partial charge in [0.15, 0.2) is 0 Å². The molecule has 0 fully saturated rings. The molecule has 2 rings (SSSR count). The first-order valence-electron chi connectivity index (χ1n) is 5.23. The Morgan fingerprint density at radius 3 is 2.81 bits per heavy atom. The van der Waals surface area contributed by atoms with Crippen LogP contribution in [0.2, 0.25) is 0 Å². The highest BCUT2D eigenvalue weighted by atomic mass is 79.9. The molecule has 0 radical (unpaired) electrons. The number of nitrogens with two attached hydrogens (primary N) is 1. The topological polar surface area (TPSA) is 46.3 Å². The molecular weight excluding hydrogens is 268 g/mol. The predicted octanol–water partition coefficient (Wildman–Crippen LogP) is 2.14. The monoisotopic (exact) mass is 282 g/mol. The van der Waals surface area contributed by atoms with Gasteiger partial charge in [-0.05, 0) is 37.6 Å². The number of nitrogens with zero attached hydrogens (tertiary/aromatic N) is 1. The zero-order valence-corrected chi connectivity index (χ0v) is 11.0. The summed E-state index contributed by atoms with van der Waals surface area (Å²) in [5, 5.41) is 0. The van der Waals surface area contributed by atoms with Crippen molar-refractivity contribution in [3.05, 3.63) is 33.8 Å². The Balaban J connectivity index is 2.24. The Morgan fingerprint density at radius 1 is 1.50 bits per heavy atom. The first kappa shape index (κ1) is 11.6. The molecule has 2 N–H and O–H groups in total. The SMILES string of the molecule is CC(C)(N)CN1Cc2cc(Br)ccc2C1=O. The molecule has 3 nitrogen and oxygen atoms in total. The van der Waals surface area contributed by atoms with Crippen LogP contribution in [0.25, 0.3) is 0 Å². The van der Waals surface area contributed by atoms with E-state index in [0.29, 0.717) is 13.1 Å². The highest BCUT2D eigenvalue weighted by Gasteiger charge is 2.30. The zero-order valence-electron chi connectivity index (χ0n) is 9.46. The molecule has 1 amide bonds. The van der Waals surface area contributed by atoms with Gasteiger partial charge in [-0.25, -0.2) is 0 Å². The van der Waals surface area contributed by atoms with Gasteiger partial charge in [0, 0.05) is 28.7 Å². The van der Waals surface area contributed by atoms with Crippen LogP contribution in [0.3, 0.4) is 0 Å². The van der Waals surface area contributed by atoms with Crippen LogP contribution in [0, 0.1) is 0 Å². The maximum absolute atomic E-state index is 12.0. The molecule has 1 heterocycles. The van der Waals surface area contributed by atoms with E-state index in [0.717, 1.165) is 15.6 Å². The summed E-state index contributed by atoms with van der Waals surface area (Å²) in [6.45, 7) is 5.10. The molecule has 0 aromatic heterocycles. The highest BCUT2D eigenvalue weighted by molar-refractivity contribution is 9.10. The minimum atomic E-state index is -0.352. The minimum absolute atomic E-state index is 0.0843. The molecule has 1 aliphatic heterocycles. The van der Waals surface area contributed by atoms with Crippen LogP contribution >= 0.6 is 15.9 Å². The van der Waals surface area contributed by atoms with Gasteiger partial charge >= 0.3 is 0 Å². The molecule has 0 aliphatic carbocycles. The number of halogens is 1. The number of carbonyl (C=O) groups excluding carboxylic acids is 1. The highest BCUT2D eigenvalue weighted by Crippen LogP contribution is 2.26. The summed E-state index contributed by atoms with van der Waals surface area (Å²) in [5.74, 6) is 0.0843. The second-order valence-corrected chi connectivity index (χ2v) is 5.87. The fourth-order valence-electron chi connectivity index (χ4n) is 1.97. The summed E-state index contributed by atoms with van der Waals surface area (Å²) in [6.07, 6.45) is 0. The third kappa shape index (κ3) is 2.28. The Hall–Kier alpha value is -0.870. The van der Waals surface area contributed by atoms with Gasteiger partial charge in [0.2, 0.25) is 0 Å². The summed E-state index contributed by atoms with van der Waals surface area (Å²) in [5.41, 5.74) is 7.46. The van der Waals surface area contributed by atoms with Crippen LogP contribution in [0.5, 0.6) is 0 Å². The number of hydrogen-bond donors (Lipinski definition) is 1. The Morgan fingerprint density at radius 2 is 2.19 bits per heavy atom. The molecule has 4 heteroatoms. The van der Waals surface area contributed by atoms with Crippen molar-refractivity contribution in [3.8, 4) is 0 Å². The average Bonchev–Trinajstić information content (AvgIpc) is 2.40. The second-order valence-electron chi connectivity index (χ2n) is 4.95. The van der Waals surface area contributed by atoms with E-state index in [1.54, 1.807) is 4.90 Å². The van der Waals surface area contributed by atoms with Gasteiger partial charge in [0.25, 0.3) is 5.91 Å². The lowest BCUT2D eigenvalue weighted by Gasteiger charge is -2.26. The van der Waals surface area contributed by atoms with Crippen LogP contribution in [-0.2, 0) is 6.54 Å². The lowest BCUT2D eigenvalue weighted by Crippen LogP contribution is -2.45. The van der Waals surface area contributed by atoms with E-state index in [1.807, 2.05) is 32.0 Å². The van der Waals surface area contributed by atoms with Gasteiger partial charge in [-0.2, -0.15) is 0 Å². The number of benzene rings is 1. The molecule has 0 saturated heterocycles. The van der Waals surface area contributed by atoms with Crippen molar-refractivity contribution in [2.75, 3.05) is 6.54 Å². The molecule has 0 saturated carbocycles. The molecule has 1 aliphatic rings. The third-order valence-electron chi connectivity index (χ3n) is 2.54. The maximum atomic E-state index is 12.0. The van der Waals surface area contributed by atoms with Crippen LogP contribution in [-0.4, -0.2) is 22.9 Å². The molecule has 1 aromatic rings. The van der Waals surface area contributed by atoms with E-state index < -0.39 is 0 Å². The van der Waals surface area contributed by atoms with E-state index in [4.69, 9.17) is 5.73 Å².